The van der Waals surface area contributed by atoms with Gasteiger partial charge in [0.05, 0.1) is 17.7 Å². The van der Waals surface area contributed by atoms with Gasteiger partial charge in [-0.3, -0.25) is 14.5 Å². The van der Waals surface area contributed by atoms with E-state index in [9.17, 15) is 14.0 Å². The van der Waals surface area contributed by atoms with Gasteiger partial charge in [0, 0.05) is 5.69 Å². The Bertz CT molecular complexity index is 1370. The Morgan fingerprint density at radius 1 is 1.08 bits per heavy atom. The smallest absolute Gasteiger partial charge is 0.270 e. The van der Waals surface area contributed by atoms with E-state index in [1.54, 1.807) is 24.3 Å². The molecule has 0 radical (unpaired) electrons. The minimum atomic E-state index is -0.392. The minimum Gasteiger partial charge on any atom is -0.493 e. The summed E-state index contributed by atoms with van der Waals surface area (Å²) in [5, 5.41) is 2.86. The minimum absolute atomic E-state index is 0.195. The summed E-state index contributed by atoms with van der Waals surface area (Å²) in [4.78, 5) is 27.2. The van der Waals surface area contributed by atoms with Gasteiger partial charge >= 0.3 is 0 Å². The average Bonchev–Trinajstić information content (AvgIpc) is 3.13. The lowest BCUT2D eigenvalue weighted by Crippen LogP contribution is -2.27. The molecule has 9 heteroatoms. The van der Waals surface area contributed by atoms with Crippen molar-refractivity contribution in [2.45, 2.75) is 13.8 Å². The fourth-order valence-corrected chi connectivity index (χ4v) is 4.82. The van der Waals surface area contributed by atoms with Crippen LogP contribution in [0.1, 0.15) is 16.7 Å². The third-order valence-corrected chi connectivity index (χ3v) is 6.69. The lowest BCUT2D eigenvalue weighted by atomic mass is 10.1. The molecule has 1 heterocycles. The summed E-state index contributed by atoms with van der Waals surface area (Å²) in [5.41, 5.74) is 3.94. The van der Waals surface area contributed by atoms with Gasteiger partial charge in [0.15, 0.2) is 22.4 Å². The van der Waals surface area contributed by atoms with Crippen molar-refractivity contribution < 1.29 is 23.5 Å². The summed E-state index contributed by atoms with van der Waals surface area (Å²) >= 11 is 6.53. The Labute approximate surface area is 218 Å². The average molecular weight is 523 g/mol. The van der Waals surface area contributed by atoms with E-state index in [0.29, 0.717) is 32.0 Å². The quantitative estimate of drug-likeness (QED) is 0.309. The molecule has 0 atom stereocenters. The molecule has 3 aromatic rings. The molecule has 3 aromatic carbocycles. The molecule has 0 spiro atoms. The maximum absolute atomic E-state index is 13.3. The monoisotopic (exact) mass is 522 g/mol. The molecule has 1 aliphatic rings. The number of benzene rings is 3. The van der Waals surface area contributed by atoms with Gasteiger partial charge in [-0.2, -0.15) is 0 Å². The highest BCUT2D eigenvalue weighted by Gasteiger charge is 2.33. The van der Waals surface area contributed by atoms with Crippen LogP contribution >= 0.6 is 24.0 Å². The number of hydrogen-bond donors (Lipinski definition) is 1. The SMILES string of the molecule is COc1cc(/C=C2\SC(=S)N(c3ccc(F)cc3)C2=O)ccc1OCC(=O)Nc1cc(C)ccc1C. The summed E-state index contributed by atoms with van der Waals surface area (Å²) in [6.07, 6.45) is 1.70. The van der Waals surface area contributed by atoms with Crippen molar-refractivity contribution in [2.24, 2.45) is 0 Å². The number of nitrogens with zero attached hydrogens (tertiary/aromatic N) is 1. The number of nitrogens with one attached hydrogen (secondary N) is 1. The maximum Gasteiger partial charge on any atom is 0.270 e. The molecular weight excluding hydrogens is 499 g/mol. The second kappa shape index (κ2) is 10.9. The number of carbonyl (C=O) groups is 2. The van der Waals surface area contributed by atoms with Crippen LogP contribution in [0, 0.1) is 19.7 Å². The second-order valence-electron chi connectivity index (χ2n) is 8.06. The predicted octanol–water partition coefficient (Wildman–Crippen LogP) is 5.87. The summed E-state index contributed by atoms with van der Waals surface area (Å²) in [7, 11) is 1.50. The molecule has 0 bridgehead atoms. The van der Waals surface area contributed by atoms with Gasteiger partial charge in [0.1, 0.15) is 5.82 Å². The van der Waals surface area contributed by atoms with Gasteiger partial charge in [-0.25, -0.2) is 4.39 Å². The third kappa shape index (κ3) is 5.75. The van der Waals surface area contributed by atoms with Crippen LogP contribution in [-0.2, 0) is 9.59 Å². The number of thiocarbonyl (C=S) groups is 1. The first kappa shape index (κ1) is 25.4. The molecule has 1 N–H and O–H groups in total. The van der Waals surface area contributed by atoms with Crippen molar-refractivity contribution in [3.8, 4) is 11.5 Å². The van der Waals surface area contributed by atoms with Crippen LogP contribution in [0.5, 0.6) is 11.5 Å². The van der Waals surface area contributed by atoms with E-state index in [4.69, 9.17) is 21.7 Å². The molecule has 0 saturated carbocycles. The van der Waals surface area contributed by atoms with Crippen LogP contribution in [0.25, 0.3) is 6.08 Å². The molecule has 6 nitrogen and oxygen atoms in total. The zero-order valence-corrected chi connectivity index (χ0v) is 21.5. The van der Waals surface area contributed by atoms with Crippen molar-refractivity contribution in [3.63, 3.8) is 0 Å². The van der Waals surface area contributed by atoms with Crippen molar-refractivity contribution in [3.05, 3.63) is 88.1 Å². The molecule has 1 fully saturated rings. The highest BCUT2D eigenvalue weighted by molar-refractivity contribution is 8.27. The van der Waals surface area contributed by atoms with Gasteiger partial charge in [-0.05, 0) is 79.1 Å². The summed E-state index contributed by atoms with van der Waals surface area (Å²) in [5.74, 6) is -0.169. The van der Waals surface area contributed by atoms with Crippen molar-refractivity contribution in [1.82, 2.24) is 0 Å². The highest BCUT2D eigenvalue weighted by Crippen LogP contribution is 2.37. The molecule has 36 heavy (non-hydrogen) atoms. The topological polar surface area (TPSA) is 67.9 Å². The fraction of sp³-hybridized carbons (Fsp3) is 0.148. The Morgan fingerprint density at radius 3 is 2.56 bits per heavy atom. The number of halogens is 1. The van der Waals surface area contributed by atoms with Gasteiger partial charge in [-0.15, -0.1) is 0 Å². The van der Waals surface area contributed by atoms with Gasteiger partial charge < -0.3 is 14.8 Å². The molecule has 1 saturated heterocycles. The number of ether oxygens (including phenoxy) is 2. The predicted molar refractivity (Wildman–Crippen MR) is 145 cm³/mol. The molecule has 0 aromatic heterocycles. The molecule has 2 amide bonds. The number of rotatable bonds is 7. The van der Waals surface area contributed by atoms with Crippen LogP contribution in [0.15, 0.2) is 65.6 Å². The van der Waals surface area contributed by atoms with Crippen LogP contribution in [0.2, 0.25) is 0 Å². The molecule has 184 valence electrons. The summed E-state index contributed by atoms with van der Waals surface area (Å²) in [6.45, 7) is 3.68. The summed E-state index contributed by atoms with van der Waals surface area (Å²) in [6, 6.07) is 16.6. The Hall–Kier alpha value is -3.69. The van der Waals surface area contributed by atoms with Crippen molar-refractivity contribution in [1.29, 1.82) is 0 Å². The Morgan fingerprint density at radius 2 is 1.83 bits per heavy atom. The van der Waals surface area contributed by atoms with Crippen molar-refractivity contribution in [2.75, 3.05) is 23.9 Å². The Balaban J connectivity index is 1.45. The zero-order chi connectivity index (χ0) is 25.8. The number of amides is 2. The number of methoxy groups -OCH3 is 1. The van der Waals surface area contributed by atoms with Gasteiger partial charge in [-0.1, -0.05) is 42.2 Å². The fourth-order valence-electron chi connectivity index (χ4n) is 3.53. The molecule has 4 rings (SSSR count). The van der Waals surface area contributed by atoms with Gasteiger partial charge in [0.2, 0.25) is 0 Å². The molecule has 1 aliphatic heterocycles. The van der Waals surface area contributed by atoms with E-state index >= 15 is 0 Å². The summed E-state index contributed by atoms with van der Waals surface area (Å²) < 4.78 is 24.8. The number of carbonyl (C=O) groups excluding carboxylic acids is 2. The standard InChI is InChI=1S/C27H23FN2O4S2/c1-16-4-5-17(2)21(12-16)29-25(31)15-34-22-11-6-18(13-23(22)33-3)14-24-26(32)30(27(35)36-24)20-9-7-19(28)8-10-20/h4-14H,15H2,1-3H3,(H,29,31)/b24-14-. The first-order valence-electron chi connectivity index (χ1n) is 11.0. The van der Waals surface area contributed by atoms with Gasteiger partial charge in [0.25, 0.3) is 11.8 Å². The van der Waals surface area contributed by atoms with Crippen LogP contribution < -0.4 is 19.7 Å². The first-order chi connectivity index (χ1) is 17.2. The maximum atomic E-state index is 13.3. The number of hydrogen-bond acceptors (Lipinski definition) is 6. The van der Waals surface area contributed by atoms with Crippen LogP contribution in [-0.4, -0.2) is 29.9 Å². The molecule has 0 unspecified atom stereocenters. The first-order valence-corrected chi connectivity index (χ1v) is 12.2. The highest BCUT2D eigenvalue weighted by atomic mass is 32.2. The van der Waals surface area contributed by atoms with Crippen molar-refractivity contribution >= 4 is 57.6 Å². The lowest BCUT2D eigenvalue weighted by Gasteiger charge is -2.14. The van der Waals surface area contributed by atoms with E-state index in [1.165, 1.54) is 36.3 Å². The zero-order valence-electron chi connectivity index (χ0n) is 19.8. The largest absolute Gasteiger partial charge is 0.493 e. The van der Waals surface area contributed by atoms with E-state index in [0.717, 1.165) is 28.6 Å². The lowest BCUT2D eigenvalue weighted by molar-refractivity contribution is -0.118. The van der Waals surface area contributed by atoms with Crippen LogP contribution in [0.4, 0.5) is 15.8 Å². The van der Waals surface area contributed by atoms with E-state index in [2.05, 4.69) is 5.32 Å². The second-order valence-corrected chi connectivity index (χ2v) is 9.73. The molecule has 0 aliphatic carbocycles. The number of anilines is 2. The number of thioether (sulfide) groups is 1. The van der Waals surface area contributed by atoms with Crippen LogP contribution in [0.3, 0.4) is 0 Å². The molecular formula is C27H23FN2O4S2. The third-order valence-electron chi connectivity index (χ3n) is 5.39. The van der Waals surface area contributed by atoms with E-state index in [1.807, 2.05) is 32.0 Å². The Kier molecular flexibility index (Phi) is 7.71. The number of aryl methyl sites for hydroxylation is 2. The van der Waals surface area contributed by atoms with E-state index in [-0.39, 0.29) is 18.4 Å². The normalized spacial score (nSPS) is 14.3. The van der Waals surface area contributed by atoms with E-state index < -0.39 is 5.82 Å².